The zero-order valence-corrected chi connectivity index (χ0v) is 16.4. The van der Waals surface area contributed by atoms with E-state index >= 15 is 0 Å². The molecule has 0 aliphatic carbocycles. The van der Waals surface area contributed by atoms with Crippen molar-refractivity contribution < 1.29 is 9.53 Å². The minimum atomic E-state index is -0.371. The zero-order chi connectivity index (χ0) is 20.8. The summed E-state index contributed by atoms with van der Waals surface area (Å²) in [5.74, 6) is 1.13. The highest BCUT2D eigenvalue weighted by Crippen LogP contribution is 2.25. The van der Waals surface area contributed by atoms with E-state index in [0.717, 1.165) is 0 Å². The van der Waals surface area contributed by atoms with E-state index in [4.69, 9.17) is 10.00 Å². The summed E-state index contributed by atoms with van der Waals surface area (Å²) >= 11 is 0. The number of aryl methyl sites for hydroxylation is 1. The Morgan fingerprint density at radius 3 is 2.66 bits per heavy atom. The summed E-state index contributed by atoms with van der Waals surface area (Å²) in [5.41, 5.74) is 2.01. The maximum atomic E-state index is 12.8. The Hall–Kier alpha value is -3.92. The molecule has 7 heteroatoms. The molecule has 3 aromatic rings. The van der Waals surface area contributed by atoms with E-state index in [2.05, 4.69) is 26.7 Å². The lowest BCUT2D eigenvalue weighted by atomic mass is 10.2. The van der Waals surface area contributed by atoms with Crippen LogP contribution >= 0.6 is 0 Å². The highest BCUT2D eigenvalue weighted by molar-refractivity contribution is 6.04. The molecule has 0 fully saturated rings. The molecule has 0 unspecified atom stereocenters. The van der Waals surface area contributed by atoms with E-state index in [9.17, 15) is 4.79 Å². The Labute approximate surface area is 169 Å². The molecule has 0 atom stereocenters. The molecule has 3 rings (SSSR count). The van der Waals surface area contributed by atoms with Gasteiger partial charge in [-0.1, -0.05) is 18.2 Å². The van der Waals surface area contributed by atoms with Gasteiger partial charge >= 0.3 is 0 Å². The fraction of sp³-hybridized carbons (Fsp3) is 0.182. The first-order valence-electron chi connectivity index (χ1n) is 9.14. The quantitative estimate of drug-likeness (QED) is 0.649. The van der Waals surface area contributed by atoms with Gasteiger partial charge in [-0.3, -0.25) is 4.79 Å². The largest absolute Gasteiger partial charge is 0.489 e. The molecule has 0 bridgehead atoms. The fourth-order valence-electron chi connectivity index (χ4n) is 2.68. The van der Waals surface area contributed by atoms with Crippen LogP contribution in [0.1, 0.15) is 35.7 Å². The van der Waals surface area contributed by atoms with Gasteiger partial charge in [0.15, 0.2) is 0 Å². The van der Waals surface area contributed by atoms with Crippen LogP contribution < -0.4 is 15.4 Å². The van der Waals surface area contributed by atoms with Crippen molar-refractivity contribution in [2.45, 2.75) is 26.9 Å². The number of amides is 1. The number of hydrogen-bond acceptors (Lipinski definition) is 6. The van der Waals surface area contributed by atoms with Crippen LogP contribution in [-0.2, 0) is 0 Å². The van der Waals surface area contributed by atoms with Crippen LogP contribution in [0, 0.1) is 18.3 Å². The molecule has 0 saturated heterocycles. The fourth-order valence-corrected chi connectivity index (χ4v) is 2.68. The van der Waals surface area contributed by atoms with Gasteiger partial charge in [-0.05, 0) is 51.1 Å². The molecule has 29 heavy (non-hydrogen) atoms. The van der Waals surface area contributed by atoms with Crippen molar-refractivity contribution in [3.8, 4) is 11.8 Å². The van der Waals surface area contributed by atoms with Gasteiger partial charge in [0.25, 0.3) is 5.91 Å². The van der Waals surface area contributed by atoms with Gasteiger partial charge in [-0.25, -0.2) is 9.97 Å². The molecule has 7 nitrogen and oxygen atoms in total. The maximum Gasteiger partial charge on any atom is 0.274 e. The number of nitrogens with zero attached hydrogens (tertiary/aromatic N) is 3. The van der Waals surface area contributed by atoms with Crippen molar-refractivity contribution in [3.05, 3.63) is 71.7 Å². The Balaban J connectivity index is 1.82. The number of anilines is 3. The number of carbonyl (C=O) groups is 1. The monoisotopic (exact) mass is 387 g/mol. The first-order valence-corrected chi connectivity index (χ1v) is 9.14. The van der Waals surface area contributed by atoms with Gasteiger partial charge in [0.1, 0.15) is 23.1 Å². The molecule has 0 radical (unpaired) electrons. The van der Waals surface area contributed by atoms with E-state index < -0.39 is 0 Å². The molecule has 1 heterocycles. The van der Waals surface area contributed by atoms with Crippen molar-refractivity contribution >= 4 is 23.1 Å². The molecule has 2 aromatic carbocycles. The van der Waals surface area contributed by atoms with Crippen LogP contribution in [0.25, 0.3) is 0 Å². The molecule has 1 aromatic heterocycles. The number of ether oxygens (including phenoxy) is 1. The lowest BCUT2D eigenvalue weighted by molar-refractivity contribution is 0.102. The van der Waals surface area contributed by atoms with Gasteiger partial charge in [0.2, 0.25) is 0 Å². The summed E-state index contributed by atoms with van der Waals surface area (Å²) < 4.78 is 5.74. The predicted octanol–water partition coefficient (Wildman–Crippen LogP) is 4.44. The lowest BCUT2D eigenvalue weighted by Crippen LogP contribution is -2.17. The van der Waals surface area contributed by atoms with Crippen molar-refractivity contribution in [3.63, 3.8) is 0 Å². The lowest BCUT2D eigenvalue weighted by Gasteiger charge is -2.15. The molecule has 0 aliphatic heterocycles. The molecular formula is C22H21N5O2. The number of rotatable bonds is 6. The summed E-state index contributed by atoms with van der Waals surface area (Å²) in [6.45, 7) is 5.56. The van der Waals surface area contributed by atoms with E-state index in [1.54, 1.807) is 43.3 Å². The zero-order valence-electron chi connectivity index (χ0n) is 16.4. The standard InChI is InChI=1S/C22H21N5O2/c1-14(2)29-20-10-5-4-9-18(20)27-22(28)19-12-21(25-15(3)24-19)26-17-8-6-7-16(11-17)13-23/h4-12,14H,1-3H3,(H,27,28)(H,24,25,26). The average Bonchev–Trinajstić information content (AvgIpc) is 2.68. The Kier molecular flexibility index (Phi) is 6.05. The van der Waals surface area contributed by atoms with E-state index in [1.807, 2.05) is 32.0 Å². The van der Waals surface area contributed by atoms with Crippen LogP contribution in [0.2, 0.25) is 0 Å². The summed E-state index contributed by atoms with van der Waals surface area (Å²) in [6.07, 6.45) is -0.0191. The van der Waals surface area contributed by atoms with Gasteiger partial charge in [-0.15, -0.1) is 0 Å². The number of nitriles is 1. The van der Waals surface area contributed by atoms with Crippen molar-refractivity contribution in [1.29, 1.82) is 5.26 Å². The van der Waals surface area contributed by atoms with Gasteiger partial charge in [0.05, 0.1) is 23.4 Å². The molecule has 0 saturated carbocycles. The van der Waals surface area contributed by atoms with Crippen molar-refractivity contribution in [2.24, 2.45) is 0 Å². The third kappa shape index (κ3) is 5.30. The first kappa shape index (κ1) is 19.8. The topological polar surface area (TPSA) is 99.9 Å². The second-order valence-corrected chi connectivity index (χ2v) is 6.62. The second-order valence-electron chi connectivity index (χ2n) is 6.62. The first-order chi connectivity index (χ1) is 13.9. The Morgan fingerprint density at radius 2 is 1.90 bits per heavy atom. The molecule has 2 N–H and O–H groups in total. The Morgan fingerprint density at radius 1 is 1.10 bits per heavy atom. The smallest absolute Gasteiger partial charge is 0.274 e. The third-order valence-electron chi connectivity index (χ3n) is 3.83. The third-order valence-corrected chi connectivity index (χ3v) is 3.83. The van der Waals surface area contributed by atoms with E-state index in [0.29, 0.717) is 34.3 Å². The number of hydrogen-bond donors (Lipinski definition) is 2. The Bertz CT molecular complexity index is 1070. The number of benzene rings is 2. The summed E-state index contributed by atoms with van der Waals surface area (Å²) in [4.78, 5) is 21.3. The molecular weight excluding hydrogens is 366 g/mol. The van der Waals surface area contributed by atoms with Crippen molar-refractivity contribution in [2.75, 3.05) is 10.6 Å². The van der Waals surface area contributed by atoms with Crippen LogP contribution in [0.15, 0.2) is 54.6 Å². The highest BCUT2D eigenvalue weighted by Gasteiger charge is 2.14. The van der Waals surface area contributed by atoms with Crippen LogP contribution in [0.3, 0.4) is 0 Å². The second kappa shape index (κ2) is 8.85. The molecule has 0 spiro atoms. The SMILES string of the molecule is Cc1nc(Nc2cccc(C#N)c2)cc(C(=O)Nc2ccccc2OC(C)C)n1. The normalized spacial score (nSPS) is 10.3. The van der Waals surface area contributed by atoms with E-state index in [1.165, 1.54) is 0 Å². The number of aromatic nitrogens is 2. The average molecular weight is 387 g/mol. The minimum Gasteiger partial charge on any atom is -0.489 e. The van der Waals surface area contributed by atoms with Gasteiger partial charge < -0.3 is 15.4 Å². The summed E-state index contributed by atoms with van der Waals surface area (Å²) in [5, 5.41) is 15.0. The summed E-state index contributed by atoms with van der Waals surface area (Å²) in [7, 11) is 0. The molecule has 1 amide bonds. The summed E-state index contributed by atoms with van der Waals surface area (Å²) in [6, 6.07) is 17.9. The van der Waals surface area contributed by atoms with Crippen molar-refractivity contribution in [1.82, 2.24) is 9.97 Å². The molecule has 0 aliphatic rings. The minimum absolute atomic E-state index is 0.0191. The number of para-hydroxylation sites is 2. The number of nitrogens with one attached hydrogen (secondary N) is 2. The highest BCUT2D eigenvalue weighted by atomic mass is 16.5. The molecule has 146 valence electrons. The van der Waals surface area contributed by atoms with Crippen LogP contribution in [0.5, 0.6) is 5.75 Å². The van der Waals surface area contributed by atoms with Crippen LogP contribution in [-0.4, -0.2) is 22.0 Å². The van der Waals surface area contributed by atoms with Crippen LogP contribution in [0.4, 0.5) is 17.2 Å². The maximum absolute atomic E-state index is 12.8. The van der Waals surface area contributed by atoms with Gasteiger partial charge in [0, 0.05) is 11.8 Å². The predicted molar refractivity (Wildman–Crippen MR) is 111 cm³/mol. The number of carbonyl (C=O) groups excluding carboxylic acids is 1. The van der Waals surface area contributed by atoms with E-state index in [-0.39, 0.29) is 17.7 Å². The van der Waals surface area contributed by atoms with Gasteiger partial charge in [-0.2, -0.15) is 5.26 Å².